The number of nitrogens with zero attached hydrogens (tertiary/aromatic N) is 2. The lowest BCUT2D eigenvalue weighted by Crippen LogP contribution is -2.27. The topological polar surface area (TPSA) is 6.48 Å². The monoisotopic (exact) mass is 1020 g/mol. The van der Waals surface area contributed by atoms with Crippen molar-refractivity contribution in [3.63, 3.8) is 0 Å². The lowest BCUT2D eigenvalue weighted by molar-refractivity contribution is 0.660. The molecular weight excluding hydrogens is 965 g/mol. The Kier molecular flexibility index (Phi) is 10.2. The summed E-state index contributed by atoms with van der Waals surface area (Å²) in [5.74, 6) is 0. The highest BCUT2D eigenvalue weighted by Gasteiger charge is 2.53. The molecule has 2 nitrogen and oxygen atoms in total. The van der Waals surface area contributed by atoms with Gasteiger partial charge in [-0.25, -0.2) is 0 Å². The van der Waals surface area contributed by atoms with E-state index in [0.717, 1.165) is 34.1 Å². The molecule has 0 amide bonds. The molecule has 13 aromatic carbocycles. The Morgan fingerprint density at radius 3 is 1.07 bits per heavy atom. The van der Waals surface area contributed by atoms with E-state index in [4.69, 9.17) is 0 Å². The minimum absolute atomic E-state index is 0.191. The molecule has 13 aromatic rings. The first-order chi connectivity index (χ1) is 39.4. The van der Waals surface area contributed by atoms with E-state index >= 15 is 0 Å². The maximum atomic E-state index is 2.59. The molecule has 1 atom stereocenters. The molecule has 0 N–H and O–H groups in total. The van der Waals surface area contributed by atoms with Gasteiger partial charge in [0.15, 0.2) is 0 Å². The Bertz CT molecular complexity index is 4580. The molecule has 0 aromatic heterocycles. The molecular formula is C78H54N2. The van der Waals surface area contributed by atoms with E-state index in [2.05, 4.69) is 315 Å². The molecule has 0 saturated heterocycles. The van der Waals surface area contributed by atoms with Gasteiger partial charge >= 0.3 is 0 Å². The van der Waals surface area contributed by atoms with E-state index < -0.39 is 5.41 Å². The highest BCUT2D eigenvalue weighted by atomic mass is 15.2. The smallest absolute Gasteiger partial charge is 0.0727 e. The number of para-hydroxylation sites is 3. The number of benzene rings is 13. The number of fused-ring (bicyclic) bond motifs is 15. The predicted molar refractivity (Wildman–Crippen MR) is 336 cm³/mol. The zero-order chi connectivity index (χ0) is 53.1. The van der Waals surface area contributed by atoms with Crippen molar-refractivity contribution in [3.05, 3.63) is 325 Å². The fraction of sp³-hybridized carbons (Fsp3) is 0.0513. The van der Waals surface area contributed by atoms with Gasteiger partial charge in [-0.3, -0.25) is 0 Å². The first-order valence-corrected chi connectivity index (χ1v) is 28.0. The van der Waals surface area contributed by atoms with Gasteiger partial charge in [0.1, 0.15) is 0 Å². The lowest BCUT2D eigenvalue weighted by Gasteiger charge is -2.35. The van der Waals surface area contributed by atoms with Crippen molar-refractivity contribution in [1.82, 2.24) is 0 Å². The van der Waals surface area contributed by atoms with Crippen LogP contribution in [0.3, 0.4) is 0 Å². The van der Waals surface area contributed by atoms with Crippen LogP contribution >= 0.6 is 0 Å². The third-order valence-electron chi connectivity index (χ3n) is 17.8. The molecule has 16 rings (SSSR count). The van der Waals surface area contributed by atoms with E-state index in [1.807, 2.05) is 0 Å². The average Bonchev–Trinajstić information content (AvgIpc) is 4.25. The molecule has 2 heteroatoms. The highest BCUT2D eigenvalue weighted by Crippen LogP contribution is 2.66. The zero-order valence-corrected chi connectivity index (χ0v) is 44.6. The summed E-state index contributed by atoms with van der Waals surface area (Å²) in [7, 11) is 0. The fourth-order valence-electron chi connectivity index (χ4n) is 14.2. The van der Waals surface area contributed by atoms with Gasteiger partial charge in [0.2, 0.25) is 0 Å². The van der Waals surface area contributed by atoms with Gasteiger partial charge in [0.05, 0.1) is 16.8 Å². The van der Waals surface area contributed by atoms with Gasteiger partial charge in [0, 0.05) is 39.3 Å². The van der Waals surface area contributed by atoms with Crippen molar-refractivity contribution < 1.29 is 0 Å². The normalized spacial score (nSPS) is 14.8. The van der Waals surface area contributed by atoms with E-state index in [1.54, 1.807) is 0 Å². The Labute approximate surface area is 467 Å². The maximum absolute atomic E-state index is 2.59. The predicted octanol–water partition coefficient (Wildman–Crippen LogP) is 20.9. The van der Waals surface area contributed by atoms with Crippen LogP contribution in [-0.2, 0) is 10.8 Å². The van der Waals surface area contributed by atoms with Crippen LogP contribution in [0.2, 0.25) is 0 Å². The largest absolute Gasteiger partial charge is 0.310 e. The van der Waals surface area contributed by atoms with Crippen LogP contribution in [-0.4, -0.2) is 0 Å². The Hall–Kier alpha value is -10.0. The van der Waals surface area contributed by atoms with Crippen LogP contribution in [0.1, 0.15) is 47.2 Å². The average molecular weight is 1020 g/mol. The second-order valence-corrected chi connectivity index (χ2v) is 22.4. The molecule has 80 heavy (non-hydrogen) atoms. The summed E-state index contributed by atoms with van der Waals surface area (Å²) in [5.41, 5.74) is 25.9. The highest BCUT2D eigenvalue weighted by molar-refractivity contribution is 6.04. The molecule has 376 valence electrons. The van der Waals surface area contributed by atoms with E-state index in [-0.39, 0.29) is 5.41 Å². The minimum atomic E-state index is -0.700. The summed E-state index contributed by atoms with van der Waals surface area (Å²) in [6.07, 6.45) is 0. The van der Waals surface area contributed by atoms with Gasteiger partial charge < -0.3 is 9.80 Å². The molecule has 0 fully saturated rings. The van der Waals surface area contributed by atoms with Crippen LogP contribution in [0, 0.1) is 0 Å². The molecule has 0 heterocycles. The maximum Gasteiger partial charge on any atom is 0.0727 e. The van der Waals surface area contributed by atoms with Gasteiger partial charge in [-0.2, -0.15) is 0 Å². The van der Waals surface area contributed by atoms with Crippen LogP contribution in [0.15, 0.2) is 291 Å². The number of hydrogen-bond donors (Lipinski definition) is 0. The van der Waals surface area contributed by atoms with Crippen LogP contribution in [0.25, 0.3) is 77.2 Å². The minimum Gasteiger partial charge on any atom is -0.310 e. The quantitative estimate of drug-likeness (QED) is 0.150. The summed E-state index contributed by atoms with van der Waals surface area (Å²) < 4.78 is 0. The van der Waals surface area contributed by atoms with Crippen molar-refractivity contribution >= 4 is 55.7 Å². The van der Waals surface area contributed by atoms with Crippen molar-refractivity contribution in [2.24, 2.45) is 0 Å². The van der Waals surface area contributed by atoms with E-state index in [9.17, 15) is 0 Å². The van der Waals surface area contributed by atoms with Crippen molar-refractivity contribution in [1.29, 1.82) is 0 Å². The zero-order valence-electron chi connectivity index (χ0n) is 44.6. The Morgan fingerprint density at radius 2 is 0.600 bits per heavy atom. The summed E-state index contributed by atoms with van der Waals surface area (Å²) in [6, 6.07) is 109. The first kappa shape index (κ1) is 46.1. The van der Waals surface area contributed by atoms with Gasteiger partial charge in [-0.1, -0.05) is 220 Å². The standard InChI is InChI=1S/C78H54N2/c1-77(2)69-35-19-16-32-61(69)64-43-42-60(46-72(64)77)80(59-30-10-5-11-31-59)76-50-74-68(48-66(76)56-41-39-52-23-13-15-25-54(52)45-56)63-34-18-21-37-71(63)78(74)70-36-20-17-33-62(70)67-47-65(55-40-38-51-22-12-14-24-53(51)44-55)75(49-73(67)78)79(57-26-6-3-7-27-57)58-28-8-4-9-29-58/h3-50H,1-2H3. The summed E-state index contributed by atoms with van der Waals surface area (Å²) in [6.45, 7) is 4.77. The van der Waals surface area contributed by atoms with Gasteiger partial charge in [0.25, 0.3) is 0 Å². The molecule has 0 radical (unpaired) electrons. The Balaban J connectivity index is 1.02. The van der Waals surface area contributed by atoms with Crippen molar-refractivity contribution in [2.45, 2.75) is 24.7 Å². The van der Waals surface area contributed by atoms with Crippen LogP contribution in [0.5, 0.6) is 0 Å². The number of anilines is 6. The van der Waals surface area contributed by atoms with Crippen molar-refractivity contribution in [3.8, 4) is 55.6 Å². The third kappa shape index (κ3) is 6.79. The molecule has 0 saturated carbocycles. The number of rotatable bonds is 8. The van der Waals surface area contributed by atoms with Crippen LogP contribution in [0.4, 0.5) is 34.1 Å². The van der Waals surface area contributed by atoms with Gasteiger partial charge in [-0.15, -0.1) is 0 Å². The summed E-state index contributed by atoms with van der Waals surface area (Å²) >= 11 is 0. The van der Waals surface area contributed by atoms with Gasteiger partial charge in [-0.05, 0) is 184 Å². The van der Waals surface area contributed by atoms with Crippen LogP contribution < -0.4 is 9.80 Å². The third-order valence-corrected chi connectivity index (χ3v) is 17.8. The second kappa shape index (κ2) is 17.8. The molecule has 1 spiro atoms. The summed E-state index contributed by atoms with van der Waals surface area (Å²) in [4.78, 5) is 5.02. The van der Waals surface area contributed by atoms with E-state index in [0.29, 0.717) is 0 Å². The molecule has 3 aliphatic carbocycles. The van der Waals surface area contributed by atoms with Crippen molar-refractivity contribution in [2.75, 3.05) is 9.80 Å². The molecule has 1 unspecified atom stereocenters. The molecule has 3 aliphatic rings. The second-order valence-electron chi connectivity index (χ2n) is 22.4. The fourth-order valence-corrected chi connectivity index (χ4v) is 14.2. The molecule has 0 bridgehead atoms. The number of hydrogen-bond acceptors (Lipinski definition) is 2. The molecule has 0 aliphatic heterocycles. The first-order valence-electron chi connectivity index (χ1n) is 28.0. The van der Waals surface area contributed by atoms with E-state index in [1.165, 1.54) is 111 Å². The SMILES string of the molecule is CC1(C)c2ccccc2-c2ccc(N(c3ccccc3)c3cc4c(cc3-c3ccc5ccccc5c3)-c3ccccc3C43c4ccccc4-c4cc(-c5ccc6ccccc6c5)c(N(c5ccccc5)c5ccccc5)cc43)cc21. The lowest BCUT2D eigenvalue weighted by atomic mass is 9.70. The Morgan fingerprint density at radius 1 is 0.225 bits per heavy atom. The summed E-state index contributed by atoms with van der Waals surface area (Å²) in [5, 5.41) is 4.88.